The lowest BCUT2D eigenvalue weighted by Crippen LogP contribution is -2.08. The van der Waals surface area contributed by atoms with Gasteiger partial charge in [-0.25, -0.2) is 0 Å². The number of benzene rings is 2. The van der Waals surface area contributed by atoms with E-state index in [0.29, 0.717) is 35.2 Å². The van der Waals surface area contributed by atoms with Crippen molar-refractivity contribution >= 4 is 12.6 Å². The molecule has 0 atom stereocenters. The molecule has 0 fully saturated rings. The maximum Gasteiger partial charge on any atom is 0.230 e. The van der Waals surface area contributed by atoms with Gasteiger partial charge in [0, 0.05) is 0 Å². The van der Waals surface area contributed by atoms with Crippen LogP contribution in [0.5, 0.6) is 11.5 Å². The Morgan fingerprint density at radius 2 is 1.16 bits per heavy atom. The molecule has 2 aromatic rings. The summed E-state index contributed by atoms with van der Waals surface area (Å²) in [7, 11) is 0. The summed E-state index contributed by atoms with van der Waals surface area (Å²) in [5, 5.41) is 0. The fraction of sp³-hybridized carbons (Fsp3) is 0.0667. The number of carbonyl (C=O) groups is 2. The van der Waals surface area contributed by atoms with E-state index in [1.165, 1.54) is 0 Å². The predicted octanol–water partition coefficient (Wildman–Crippen LogP) is 2.73. The molecule has 0 N–H and O–H groups in total. The van der Waals surface area contributed by atoms with Crippen molar-refractivity contribution < 1.29 is 19.1 Å². The minimum atomic E-state index is -0.0737. The molecule has 19 heavy (non-hydrogen) atoms. The predicted molar refractivity (Wildman–Crippen MR) is 69.8 cm³/mol. The highest BCUT2D eigenvalue weighted by molar-refractivity contribution is 5.79. The van der Waals surface area contributed by atoms with Crippen molar-refractivity contribution in [1.82, 2.24) is 0 Å². The topological polar surface area (TPSA) is 52.6 Å². The SMILES string of the molecule is O=Cc1ccccc1OCOc1ccccc1C=O. The molecule has 0 saturated carbocycles. The van der Waals surface area contributed by atoms with Gasteiger partial charge in [-0.1, -0.05) is 24.3 Å². The largest absolute Gasteiger partial charge is 0.457 e. The lowest BCUT2D eigenvalue weighted by atomic mass is 10.2. The Hall–Kier alpha value is -2.62. The summed E-state index contributed by atoms with van der Waals surface area (Å²) in [4.78, 5) is 21.6. The standard InChI is InChI=1S/C15H12O4/c16-9-12-5-1-3-7-14(12)18-11-19-15-8-4-2-6-13(15)10-17/h1-10H,11H2. The average molecular weight is 256 g/mol. The monoisotopic (exact) mass is 256 g/mol. The summed E-state index contributed by atoms with van der Waals surface area (Å²) in [6, 6.07) is 13.7. The number of para-hydroxylation sites is 2. The summed E-state index contributed by atoms with van der Waals surface area (Å²) < 4.78 is 10.7. The van der Waals surface area contributed by atoms with Crippen LogP contribution in [0.4, 0.5) is 0 Å². The molecule has 96 valence electrons. The van der Waals surface area contributed by atoms with Crippen LogP contribution < -0.4 is 9.47 Å². The number of hydrogen-bond donors (Lipinski definition) is 0. The van der Waals surface area contributed by atoms with Crippen LogP contribution in [0, 0.1) is 0 Å². The fourth-order valence-corrected chi connectivity index (χ4v) is 1.58. The van der Waals surface area contributed by atoms with Gasteiger partial charge in [-0.3, -0.25) is 9.59 Å². The van der Waals surface area contributed by atoms with Gasteiger partial charge in [-0.15, -0.1) is 0 Å². The molecule has 0 saturated heterocycles. The minimum absolute atomic E-state index is 0.0737. The van der Waals surface area contributed by atoms with Crippen molar-refractivity contribution in [2.24, 2.45) is 0 Å². The third-order valence-corrected chi connectivity index (χ3v) is 2.52. The highest BCUT2D eigenvalue weighted by Gasteiger charge is 2.04. The molecule has 2 aromatic carbocycles. The first-order chi connectivity index (χ1) is 9.35. The molecule has 0 aliphatic heterocycles. The zero-order chi connectivity index (χ0) is 13.5. The second-order valence-corrected chi connectivity index (χ2v) is 3.72. The Morgan fingerprint density at radius 3 is 1.58 bits per heavy atom. The fourth-order valence-electron chi connectivity index (χ4n) is 1.58. The number of carbonyl (C=O) groups excluding carboxylic acids is 2. The van der Waals surface area contributed by atoms with E-state index in [-0.39, 0.29) is 6.79 Å². The first-order valence-corrected chi connectivity index (χ1v) is 5.69. The van der Waals surface area contributed by atoms with Crippen LogP contribution in [-0.2, 0) is 0 Å². The van der Waals surface area contributed by atoms with Gasteiger partial charge >= 0.3 is 0 Å². The second kappa shape index (κ2) is 6.35. The highest BCUT2D eigenvalue weighted by Crippen LogP contribution is 2.18. The maximum absolute atomic E-state index is 10.8. The van der Waals surface area contributed by atoms with Gasteiger partial charge in [0.2, 0.25) is 6.79 Å². The van der Waals surface area contributed by atoms with Crippen LogP contribution in [0.3, 0.4) is 0 Å². The van der Waals surface area contributed by atoms with Gasteiger partial charge < -0.3 is 9.47 Å². The molecular formula is C15H12O4. The Kier molecular flexibility index (Phi) is 4.29. The third-order valence-electron chi connectivity index (χ3n) is 2.52. The molecule has 0 aromatic heterocycles. The van der Waals surface area contributed by atoms with Gasteiger partial charge in [0.15, 0.2) is 12.6 Å². The maximum atomic E-state index is 10.8. The Bertz CT molecular complexity index is 526. The molecule has 0 aliphatic carbocycles. The molecule has 0 unspecified atom stereocenters. The Balaban J connectivity index is 2.00. The molecule has 0 bridgehead atoms. The van der Waals surface area contributed by atoms with E-state index in [2.05, 4.69) is 0 Å². The van der Waals surface area contributed by atoms with Crippen LogP contribution in [-0.4, -0.2) is 19.4 Å². The van der Waals surface area contributed by atoms with Crippen molar-refractivity contribution in [3.05, 3.63) is 59.7 Å². The summed E-state index contributed by atoms with van der Waals surface area (Å²) in [6.07, 6.45) is 1.43. The van der Waals surface area contributed by atoms with Crippen LogP contribution in [0.25, 0.3) is 0 Å². The lowest BCUT2D eigenvalue weighted by Gasteiger charge is -2.10. The quantitative estimate of drug-likeness (QED) is 0.589. The molecule has 0 spiro atoms. The smallest absolute Gasteiger partial charge is 0.230 e. The summed E-state index contributed by atoms with van der Waals surface area (Å²) >= 11 is 0. The van der Waals surface area contributed by atoms with E-state index < -0.39 is 0 Å². The summed E-state index contributed by atoms with van der Waals surface area (Å²) in [5.41, 5.74) is 0.907. The number of rotatable bonds is 6. The van der Waals surface area contributed by atoms with Gasteiger partial charge in [-0.2, -0.15) is 0 Å². The van der Waals surface area contributed by atoms with Crippen molar-refractivity contribution in [3.63, 3.8) is 0 Å². The number of aldehydes is 2. The highest BCUT2D eigenvalue weighted by atomic mass is 16.7. The van der Waals surface area contributed by atoms with E-state index in [1.54, 1.807) is 48.5 Å². The molecule has 0 heterocycles. The van der Waals surface area contributed by atoms with Crippen LogP contribution in [0.2, 0.25) is 0 Å². The zero-order valence-corrected chi connectivity index (χ0v) is 10.1. The van der Waals surface area contributed by atoms with Gasteiger partial charge in [0.1, 0.15) is 11.5 Å². The van der Waals surface area contributed by atoms with Gasteiger partial charge in [0.05, 0.1) is 11.1 Å². The molecule has 4 nitrogen and oxygen atoms in total. The van der Waals surface area contributed by atoms with E-state index >= 15 is 0 Å². The average Bonchev–Trinajstić information content (AvgIpc) is 2.48. The van der Waals surface area contributed by atoms with E-state index in [4.69, 9.17) is 9.47 Å². The number of ether oxygens (including phenoxy) is 2. The molecule has 2 rings (SSSR count). The number of hydrogen-bond acceptors (Lipinski definition) is 4. The first-order valence-electron chi connectivity index (χ1n) is 5.69. The van der Waals surface area contributed by atoms with Crippen LogP contribution in [0.1, 0.15) is 20.7 Å². The zero-order valence-electron chi connectivity index (χ0n) is 10.1. The minimum Gasteiger partial charge on any atom is -0.457 e. The van der Waals surface area contributed by atoms with Gasteiger partial charge in [-0.05, 0) is 24.3 Å². The third kappa shape index (κ3) is 3.19. The summed E-state index contributed by atoms with van der Waals surface area (Å²) in [5.74, 6) is 0.891. The van der Waals surface area contributed by atoms with Crippen LogP contribution in [0.15, 0.2) is 48.5 Å². The van der Waals surface area contributed by atoms with Crippen molar-refractivity contribution in [2.45, 2.75) is 0 Å². The normalized spacial score (nSPS) is 9.68. The van der Waals surface area contributed by atoms with E-state index in [1.807, 2.05) is 0 Å². The van der Waals surface area contributed by atoms with Crippen molar-refractivity contribution in [2.75, 3.05) is 6.79 Å². The molecular weight excluding hydrogens is 244 g/mol. The second-order valence-electron chi connectivity index (χ2n) is 3.72. The van der Waals surface area contributed by atoms with E-state index in [0.717, 1.165) is 0 Å². The lowest BCUT2D eigenvalue weighted by molar-refractivity contribution is 0.106. The van der Waals surface area contributed by atoms with Gasteiger partial charge in [0.25, 0.3) is 0 Å². The summed E-state index contributed by atoms with van der Waals surface area (Å²) in [6.45, 7) is -0.0737. The molecule has 0 radical (unpaired) electrons. The van der Waals surface area contributed by atoms with Crippen molar-refractivity contribution in [1.29, 1.82) is 0 Å². The Labute approximate surface area is 110 Å². The van der Waals surface area contributed by atoms with Crippen LogP contribution >= 0.6 is 0 Å². The molecule has 4 heteroatoms. The van der Waals surface area contributed by atoms with E-state index in [9.17, 15) is 9.59 Å². The Morgan fingerprint density at radius 1 is 0.737 bits per heavy atom. The molecule has 0 aliphatic rings. The first kappa shape index (κ1) is 12.8. The molecule has 0 amide bonds. The van der Waals surface area contributed by atoms with Crippen molar-refractivity contribution in [3.8, 4) is 11.5 Å².